The Hall–Kier alpha value is -2.44. The van der Waals surface area contributed by atoms with Crippen molar-refractivity contribution in [2.45, 2.75) is 87.4 Å². The predicted molar refractivity (Wildman–Crippen MR) is 123 cm³/mol. The highest BCUT2D eigenvalue weighted by molar-refractivity contribution is 5.82. The molecule has 0 aliphatic rings. The molecule has 0 rings (SSSR count). The van der Waals surface area contributed by atoms with Crippen LogP contribution in [0.25, 0.3) is 0 Å². The van der Waals surface area contributed by atoms with Gasteiger partial charge in [0.1, 0.15) is 24.4 Å². The summed E-state index contributed by atoms with van der Waals surface area (Å²) in [5.74, 6) is -4.57. The largest absolute Gasteiger partial charge is 0.467 e. The Balaban J connectivity index is 4.01. The van der Waals surface area contributed by atoms with Crippen molar-refractivity contribution in [1.82, 2.24) is 10.6 Å². The van der Waals surface area contributed by atoms with E-state index in [0.29, 0.717) is 25.7 Å². The van der Waals surface area contributed by atoms with Crippen molar-refractivity contribution in [3.63, 3.8) is 0 Å². The lowest BCUT2D eigenvalue weighted by molar-refractivity contribution is -0.169. The van der Waals surface area contributed by atoms with Gasteiger partial charge in [0.25, 0.3) is 11.8 Å². The third kappa shape index (κ3) is 12.1. The second kappa shape index (κ2) is 17.9. The number of aliphatic hydroxyl groups is 8. The van der Waals surface area contributed by atoms with Crippen LogP contribution < -0.4 is 16.4 Å². The summed E-state index contributed by atoms with van der Waals surface area (Å²) in [6.07, 6.45) is -13.0. The number of hydrogen-bond donors (Lipinski definition) is 11. The first-order chi connectivity index (χ1) is 17.3. The number of nitrogens with two attached hydrogens (primary N) is 1. The Kier molecular flexibility index (Phi) is 16.7. The number of esters is 1. The number of nitrogens with one attached hydrogen (secondary N) is 2. The summed E-state index contributed by atoms with van der Waals surface area (Å²) in [4.78, 5) is 45.6. The van der Waals surface area contributed by atoms with E-state index in [2.05, 4.69) is 15.4 Å². The Morgan fingerprint density at radius 1 is 0.595 bits per heavy atom. The molecule has 0 aromatic heterocycles. The van der Waals surface area contributed by atoms with Gasteiger partial charge < -0.3 is 62.0 Å². The molecule has 0 radical (unpaired) electrons. The molecule has 0 fully saturated rings. The van der Waals surface area contributed by atoms with E-state index in [4.69, 9.17) is 5.73 Å². The molecule has 37 heavy (non-hydrogen) atoms. The van der Waals surface area contributed by atoms with Gasteiger partial charge in [0.15, 0.2) is 24.4 Å². The lowest BCUT2D eigenvalue weighted by Crippen LogP contribution is -2.53. The molecule has 0 bridgehead atoms. The van der Waals surface area contributed by atoms with E-state index < -0.39 is 72.5 Å². The van der Waals surface area contributed by atoms with Crippen LogP contribution >= 0.6 is 0 Å². The molecule has 216 valence electrons. The smallest absolute Gasteiger partial charge is 0.337 e. The third-order valence-electron chi connectivity index (χ3n) is 5.47. The van der Waals surface area contributed by atoms with E-state index in [9.17, 15) is 60.0 Å². The number of unbranched alkanes of at least 4 members (excludes halogenated alkanes) is 5. The molecule has 0 aromatic rings. The van der Waals surface area contributed by atoms with Crippen LogP contribution in [0.2, 0.25) is 0 Å². The minimum Gasteiger partial charge on any atom is -0.467 e. The van der Waals surface area contributed by atoms with Crippen molar-refractivity contribution in [2.24, 2.45) is 5.73 Å². The van der Waals surface area contributed by atoms with Gasteiger partial charge in [-0.05, 0) is 12.8 Å². The molecule has 0 aliphatic heterocycles. The molecule has 0 spiro atoms. The fourth-order valence-corrected chi connectivity index (χ4v) is 3.08. The standard InChI is InChI=1S/C21H39N3O13/c1-37-21(36)17(32)13(28)12(27)16(31)20(35)24-9-7-5-3-2-4-6-8-23-19(34)15(30)11(26)10(25)14(29)18(22)33/h10-17,25-32H,2-9H2,1H3,(H2,22,33)(H,23,34)(H,24,35)/t10-,11+,12-,13+,14+,15-,16+,17-/m1/s1. The van der Waals surface area contributed by atoms with Gasteiger partial charge in [-0.1, -0.05) is 25.7 Å². The monoisotopic (exact) mass is 541 g/mol. The molecule has 8 atom stereocenters. The molecule has 0 saturated carbocycles. The van der Waals surface area contributed by atoms with Gasteiger partial charge in [0.2, 0.25) is 5.91 Å². The Morgan fingerprint density at radius 3 is 1.27 bits per heavy atom. The summed E-state index contributed by atoms with van der Waals surface area (Å²) in [6.45, 7) is 0.314. The van der Waals surface area contributed by atoms with Crippen LogP contribution in [0.15, 0.2) is 0 Å². The third-order valence-corrected chi connectivity index (χ3v) is 5.47. The van der Waals surface area contributed by atoms with Crippen LogP contribution in [0.5, 0.6) is 0 Å². The topological polar surface area (TPSA) is 289 Å². The fourth-order valence-electron chi connectivity index (χ4n) is 3.08. The zero-order valence-electron chi connectivity index (χ0n) is 20.5. The minimum absolute atomic E-state index is 0.157. The highest BCUT2D eigenvalue weighted by Gasteiger charge is 2.38. The maximum absolute atomic E-state index is 11.9. The van der Waals surface area contributed by atoms with Crippen molar-refractivity contribution in [3.05, 3.63) is 0 Å². The van der Waals surface area contributed by atoms with E-state index in [1.807, 2.05) is 0 Å². The van der Waals surface area contributed by atoms with Crippen molar-refractivity contribution in [1.29, 1.82) is 0 Å². The molecule has 0 unspecified atom stereocenters. The SMILES string of the molecule is COC(=O)[C@H](O)[C@@H](O)[C@@H](O)[C@H](O)C(=O)NCCCCCCCCNC(=O)[C@H](O)[C@@H](O)[C@@H](O)[C@H](O)C(N)=O. The van der Waals surface area contributed by atoms with Crippen molar-refractivity contribution in [2.75, 3.05) is 20.2 Å². The molecular formula is C21H39N3O13. The molecule has 0 saturated heterocycles. The second-order valence-electron chi connectivity index (χ2n) is 8.37. The maximum atomic E-state index is 11.9. The zero-order valence-corrected chi connectivity index (χ0v) is 20.5. The molecule has 0 heterocycles. The molecule has 0 aliphatic carbocycles. The Bertz CT molecular complexity index is 726. The first-order valence-corrected chi connectivity index (χ1v) is 11.6. The van der Waals surface area contributed by atoms with Gasteiger partial charge in [0, 0.05) is 13.1 Å². The number of amides is 3. The van der Waals surface area contributed by atoms with Crippen LogP contribution in [0.4, 0.5) is 0 Å². The Morgan fingerprint density at radius 2 is 0.919 bits per heavy atom. The lowest BCUT2D eigenvalue weighted by atomic mass is 10.0. The number of methoxy groups -OCH3 is 1. The molecular weight excluding hydrogens is 502 g/mol. The van der Waals surface area contributed by atoms with Gasteiger partial charge in [-0.15, -0.1) is 0 Å². The van der Waals surface area contributed by atoms with Gasteiger partial charge in [-0.25, -0.2) is 4.79 Å². The number of ether oxygens (including phenoxy) is 1. The average Bonchev–Trinajstić information content (AvgIpc) is 2.89. The average molecular weight is 542 g/mol. The van der Waals surface area contributed by atoms with E-state index in [0.717, 1.165) is 20.0 Å². The van der Waals surface area contributed by atoms with Gasteiger partial charge in [0.05, 0.1) is 7.11 Å². The fraction of sp³-hybridized carbons (Fsp3) is 0.810. The summed E-state index contributed by atoms with van der Waals surface area (Å²) >= 11 is 0. The first-order valence-electron chi connectivity index (χ1n) is 11.6. The molecule has 0 aromatic carbocycles. The minimum atomic E-state index is -2.15. The summed E-state index contributed by atoms with van der Waals surface area (Å²) < 4.78 is 4.20. The maximum Gasteiger partial charge on any atom is 0.337 e. The summed E-state index contributed by atoms with van der Waals surface area (Å²) in [6, 6.07) is 0. The number of hydrogen-bond acceptors (Lipinski definition) is 13. The Labute approximate surface area is 213 Å². The number of aliphatic hydroxyl groups excluding tert-OH is 8. The van der Waals surface area contributed by atoms with Crippen LogP contribution in [0.1, 0.15) is 38.5 Å². The molecule has 3 amide bonds. The lowest BCUT2D eigenvalue weighted by Gasteiger charge is -2.24. The first kappa shape index (κ1) is 34.6. The second-order valence-corrected chi connectivity index (χ2v) is 8.37. The van der Waals surface area contributed by atoms with E-state index in [1.165, 1.54) is 0 Å². The van der Waals surface area contributed by atoms with E-state index in [1.54, 1.807) is 0 Å². The quantitative estimate of drug-likeness (QED) is 0.0537. The predicted octanol–water partition coefficient (Wildman–Crippen LogP) is -5.90. The van der Waals surface area contributed by atoms with E-state index >= 15 is 0 Å². The number of rotatable bonds is 19. The van der Waals surface area contributed by atoms with Crippen LogP contribution in [-0.2, 0) is 23.9 Å². The summed E-state index contributed by atoms with van der Waals surface area (Å²) in [7, 11) is 0.946. The number of carbonyl (C=O) groups is 4. The van der Waals surface area contributed by atoms with Gasteiger partial charge >= 0.3 is 5.97 Å². The molecule has 12 N–H and O–H groups in total. The van der Waals surface area contributed by atoms with Gasteiger partial charge in [-0.3, -0.25) is 14.4 Å². The van der Waals surface area contributed by atoms with Crippen LogP contribution in [-0.4, -0.2) is 134 Å². The number of primary amides is 1. The van der Waals surface area contributed by atoms with Crippen molar-refractivity contribution >= 4 is 23.7 Å². The normalized spacial score (nSPS) is 17.9. The van der Waals surface area contributed by atoms with E-state index in [-0.39, 0.29) is 13.1 Å². The van der Waals surface area contributed by atoms with Crippen LogP contribution in [0, 0.1) is 0 Å². The zero-order chi connectivity index (χ0) is 28.7. The van der Waals surface area contributed by atoms with Crippen LogP contribution in [0.3, 0.4) is 0 Å². The highest BCUT2D eigenvalue weighted by Crippen LogP contribution is 2.09. The van der Waals surface area contributed by atoms with Crippen molar-refractivity contribution < 1.29 is 64.8 Å². The molecule has 16 heteroatoms. The summed E-state index contributed by atoms with van der Waals surface area (Å²) in [5, 5.41) is 81.5. The summed E-state index contributed by atoms with van der Waals surface area (Å²) in [5.41, 5.74) is 4.77. The highest BCUT2D eigenvalue weighted by atomic mass is 16.5. The number of carbonyl (C=O) groups excluding carboxylic acids is 4. The molecule has 16 nitrogen and oxygen atoms in total. The van der Waals surface area contributed by atoms with Gasteiger partial charge in [-0.2, -0.15) is 0 Å². The van der Waals surface area contributed by atoms with Crippen molar-refractivity contribution in [3.8, 4) is 0 Å².